The predicted molar refractivity (Wildman–Crippen MR) is 79.9 cm³/mol. The molecule has 0 fully saturated rings. The van der Waals surface area contributed by atoms with Crippen LogP contribution in [-0.2, 0) is 13.0 Å². The molecule has 0 spiro atoms. The summed E-state index contributed by atoms with van der Waals surface area (Å²) in [5, 5.41) is 0.765. The number of benzene rings is 2. The lowest BCUT2D eigenvalue weighted by Crippen LogP contribution is -2.05. The third kappa shape index (κ3) is 4.06. The Morgan fingerprint density at radius 1 is 0.952 bits per heavy atom. The highest BCUT2D eigenvalue weighted by molar-refractivity contribution is 6.42. The standard InChI is InChI=1S/C15H13Cl2F2NO/c16-11-2-1-10(5-12(11)17)8-21-15-13(18)6-9(3-4-20)7-14(15)19/h1-2,5-7H,3-4,8,20H2. The number of hydrogen-bond donors (Lipinski definition) is 1. The van der Waals surface area contributed by atoms with Crippen LogP contribution < -0.4 is 10.5 Å². The zero-order chi connectivity index (χ0) is 15.4. The number of ether oxygens (including phenoxy) is 1. The van der Waals surface area contributed by atoms with E-state index in [-0.39, 0.29) is 6.61 Å². The van der Waals surface area contributed by atoms with E-state index in [1.165, 1.54) is 12.1 Å². The molecule has 0 bridgehead atoms. The van der Waals surface area contributed by atoms with Crippen LogP contribution in [-0.4, -0.2) is 6.54 Å². The van der Waals surface area contributed by atoms with Gasteiger partial charge in [-0.05, 0) is 48.4 Å². The summed E-state index contributed by atoms with van der Waals surface area (Å²) < 4.78 is 32.9. The van der Waals surface area contributed by atoms with Crippen LogP contribution in [0.5, 0.6) is 5.75 Å². The number of hydrogen-bond acceptors (Lipinski definition) is 2. The molecule has 0 amide bonds. The average molecular weight is 332 g/mol. The van der Waals surface area contributed by atoms with Gasteiger partial charge in [0.1, 0.15) is 6.61 Å². The Morgan fingerprint density at radius 3 is 2.19 bits per heavy atom. The van der Waals surface area contributed by atoms with Crippen LogP contribution in [0.3, 0.4) is 0 Å². The predicted octanol–water partition coefficient (Wildman–Crippen LogP) is 4.35. The van der Waals surface area contributed by atoms with Crippen molar-refractivity contribution in [3.63, 3.8) is 0 Å². The fourth-order valence-corrected chi connectivity index (χ4v) is 2.17. The van der Waals surface area contributed by atoms with E-state index < -0.39 is 17.4 Å². The third-order valence-electron chi connectivity index (χ3n) is 2.86. The molecule has 0 saturated carbocycles. The summed E-state index contributed by atoms with van der Waals surface area (Å²) in [4.78, 5) is 0. The highest BCUT2D eigenvalue weighted by atomic mass is 35.5. The second-order valence-electron chi connectivity index (χ2n) is 4.46. The summed E-state index contributed by atoms with van der Waals surface area (Å²) in [6.45, 7) is 0.309. The molecule has 0 radical (unpaired) electrons. The normalized spacial score (nSPS) is 10.7. The minimum absolute atomic E-state index is 0.0129. The summed E-state index contributed by atoms with van der Waals surface area (Å²) in [5.41, 5.74) is 6.52. The Kier molecular flexibility index (Phi) is 5.39. The number of rotatable bonds is 5. The molecular weight excluding hydrogens is 319 g/mol. The lowest BCUT2D eigenvalue weighted by molar-refractivity contribution is 0.274. The van der Waals surface area contributed by atoms with Gasteiger partial charge in [-0.3, -0.25) is 0 Å². The Morgan fingerprint density at radius 2 is 1.62 bits per heavy atom. The molecule has 2 aromatic carbocycles. The molecule has 112 valence electrons. The fraction of sp³-hybridized carbons (Fsp3) is 0.200. The van der Waals surface area contributed by atoms with Crippen molar-refractivity contribution in [1.29, 1.82) is 0 Å². The fourth-order valence-electron chi connectivity index (χ4n) is 1.85. The maximum atomic E-state index is 13.8. The first-order chi connectivity index (χ1) is 10.0. The maximum Gasteiger partial charge on any atom is 0.191 e. The largest absolute Gasteiger partial charge is 0.483 e. The summed E-state index contributed by atoms with van der Waals surface area (Å²) in [5.74, 6) is -1.92. The van der Waals surface area contributed by atoms with E-state index >= 15 is 0 Å². The summed E-state index contributed by atoms with van der Waals surface area (Å²) >= 11 is 11.7. The number of halogens is 4. The van der Waals surface area contributed by atoms with Gasteiger partial charge in [0.25, 0.3) is 0 Å². The molecular formula is C15H13Cl2F2NO. The van der Waals surface area contributed by atoms with Gasteiger partial charge in [0, 0.05) is 0 Å². The molecule has 0 aromatic heterocycles. The second kappa shape index (κ2) is 7.07. The van der Waals surface area contributed by atoms with E-state index in [0.29, 0.717) is 34.1 Å². The SMILES string of the molecule is NCCc1cc(F)c(OCc2ccc(Cl)c(Cl)c2)c(F)c1. The summed E-state index contributed by atoms with van der Waals surface area (Å²) in [7, 11) is 0. The molecule has 0 heterocycles. The van der Waals surface area contributed by atoms with E-state index in [0.717, 1.165) is 0 Å². The molecule has 2 nitrogen and oxygen atoms in total. The van der Waals surface area contributed by atoms with Crippen LogP contribution >= 0.6 is 23.2 Å². The van der Waals surface area contributed by atoms with Crippen LogP contribution in [0, 0.1) is 11.6 Å². The highest BCUT2D eigenvalue weighted by Gasteiger charge is 2.13. The van der Waals surface area contributed by atoms with Crippen molar-refractivity contribution >= 4 is 23.2 Å². The van der Waals surface area contributed by atoms with Crippen molar-refractivity contribution in [3.8, 4) is 5.75 Å². The number of nitrogens with two attached hydrogens (primary N) is 1. The first kappa shape index (κ1) is 16.0. The van der Waals surface area contributed by atoms with Gasteiger partial charge < -0.3 is 10.5 Å². The lowest BCUT2D eigenvalue weighted by atomic mass is 10.1. The minimum atomic E-state index is -0.751. The van der Waals surface area contributed by atoms with Crippen molar-refractivity contribution in [3.05, 3.63) is 63.1 Å². The van der Waals surface area contributed by atoms with Gasteiger partial charge in [-0.2, -0.15) is 0 Å². The van der Waals surface area contributed by atoms with Gasteiger partial charge in [-0.15, -0.1) is 0 Å². The molecule has 0 saturated heterocycles. The summed E-state index contributed by atoms with van der Waals surface area (Å²) in [6.07, 6.45) is 0.404. The van der Waals surface area contributed by atoms with E-state index in [2.05, 4.69) is 0 Å². The summed E-state index contributed by atoms with van der Waals surface area (Å²) in [6, 6.07) is 7.30. The zero-order valence-electron chi connectivity index (χ0n) is 11.0. The molecule has 0 aliphatic carbocycles. The van der Waals surface area contributed by atoms with Gasteiger partial charge in [0.2, 0.25) is 0 Å². The van der Waals surface area contributed by atoms with Gasteiger partial charge in [0.05, 0.1) is 10.0 Å². The van der Waals surface area contributed by atoms with Crippen LogP contribution in [0.25, 0.3) is 0 Å². The molecule has 21 heavy (non-hydrogen) atoms. The van der Waals surface area contributed by atoms with Crippen LogP contribution in [0.15, 0.2) is 30.3 Å². The Bertz CT molecular complexity index is 627. The Labute approximate surface area is 131 Å². The molecule has 2 rings (SSSR count). The van der Waals surface area contributed by atoms with E-state index in [1.807, 2.05) is 0 Å². The van der Waals surface area contributed by atoms with Crippen molar-refractivity contribution in [1.82, 2.24) is 0 Å². The van der Waals surface area contributed by atoms with Crippen molar-refractivity contribution < 1.29 is 13.5 Å². The highest BCUT2D eigenvalue weighted by Crippen LogP contribution is 2.26. The zero-order valence-corrected chi connectivity index (χ0v) is 12.5. The molecule has 2 N–H and O–H groups in total. The van der Waals surface area contributed by atoms with Crippen LogP contribution in [0.4, 0.5) is 8.78 Å². The molecule has 0 unspecified atom stereocenters. The Balaban J connectivity index is 2.14. The molecule has 2 aromatic rings. The van der Waals surface area contributed by atoms with Gasteiger partial charge >= 0.3 is 0 Å². The maximum absolute atomic E-state index is 13.8. The second-order valence-corrected chi connectivity index (χ2v) is 5.28. The topological polar surface area (TPSA) is 35.2 Å². The monoisotopic (exact) mass is 331 g/mol. The third-order valence-corrected chi connectivity index (χ3v) is 3.60. The molecule has 0 atom stereocenters. The molecule has 0 aliphatic rings. The van der Waals surface area contributed by atoms with E-state index in [1.54, 1.807) is 18.2 Å². The Hall–Kier alpha value is -1.36. The minimum Gasteiger partial charge on any atom is -0.483 e. The van der Waals surface area contributed by atoms with E-state index in [4.69, 9.17) is 33.7 Å². The van der Waals surface area contributed by atoms with Crippen molar-refractivity contribution in [2.24, 2.45) is 5.73 Å². The average Bonchev–Trinajstić information content (AvgIpc) is 2.42. The van der Waals surface area contributed by atoms with Gasteiger partial charge in [0.15, 0.2) is 17.4 Å². The lowest BCUT2D eigenvalue weighted by Gasteiger charge is -2.10. The van der Waals surface area contributed by atoms with E-state index in [9.17, 15) is 8.78 Å². The van der Waals surface area contributed by atoms with Crippen molar-refractivity contribution in [2.45, 2.75) is 13.0 Å². The first-order valence-corrected chi connectivity index (χ1v) is 7.01. The first-order valence-electron chi connectivity index (χ1n) is 6.26. The quantitative estimate of drug-likeness (QED) is 0.883. The van der Waals surface area contributed by atoms with Gasteiger partial charge in [-0.1, -0.05) is 29.3 Å². The van der Waals surface area contributed by atoms with Crippen molar-refractivity contribution in [2.75, 3.05) is 6.54 Å². The van der Waals surface area contributed by atoms with Gasteiger partial charge in [-0.25, -0.2) is 8.78 Å². The molecule has 6 heteroatoms. The molecule has 0 aliphatic heterocycles. The smallest absolute Gasteiger partial charge is 0.191 e. The van der Waals surface area contributed by atoms with Crippen LogP contribution in [0.1, 0.15) is 11.1 Å². The van der Waals surface area contributed by atoms with Crippen LogP contribution in [0.2, 0.25) is 10.0 Å².